The van der Waals surface area contributed by atoms with Crippen LogP contribution in [0, 0.1) is 0 Å². The Hall–Kier alpha value is -3.86. The third-order valence-corrected chi connectivity index (χ3v) is 5.31. The van der Waals surface area contributed by atoms with E-state index in [1.165, 1.54) is 6.07 Å². The number of nitrogens with one attached hydrogen (secondary N) is 1. The summed E-state index contributed by atoms with van der Waals surface area (Å²) in [7, 11) is 0. The minimum Gasteiger partial charge on any atom is -0.479 e. The molecule has 5 nitrogen and oxygen atoms in total. The van der Waals surface area contributed by atoms with Crippen LogP contribution in [0.3, 0.4) is 0 Å². The summed E-state index contributed by atoms with van der Waals surface area (Å²) in [5.74, 6) is 0.315. The molecule has 0 unspecified atom stereocenters. The van der Waals surface area contributed by atoms with Crippen molar-refractivity contribution >= 4 is 38.8 Å². The van der Waals surface area contributed by atoms with Gasteiger partial charge in [-0.15, -0.1) is 0 Å². The first-order valence-corrected chi connectivity index (χ1v) is 9.69. The number of ketones is 1. The molecule has 1 N–H and O–H groups in total. The topological polar surface area (TPSA) is 68.5 Å². The van der Waals surface area contributed by atoms with Crippen molar-refractivity contribution in [2.75, 3.05) is 5.32 Å². The number of anilines is 1. The predicted octanol–water partition coefficient (Wildman–Crippen LogP) is 5.14. The molecule has 5 rings (SSSR count). The van der Waals surface area contributed by atoms with Crippen molar-refractivity contribution in [1.82, 2.24) is 0 Å². The first-order valence-electron chi connectivity index (χ1n) is 9.69. The Bertz CT molecular complexity index is 1410. The van der Waals surface area contributed by atoms with Crippen molar-refractivity contribution in [2.24, 2.45) is 0 Å². The van der Waals surface area contributed by atoms with Crippen molar-refractivity contribution in [2.45, 2.75) is 19.4 Å². The molecule has 3 aromatic carbocycles. The molecule has 0 fully saturated rings. The Morgan fingerprint density at radius 2 is 1.60 bits per heavy atom. The predicted molar refractivity (Wildman–Crippen MR) is 118 cm³/mol. The van der Waals surface area contributed by atoms with Gasteiger partial charge in [-0.2, -0.15) is 0 Å². The van der Waals surface area contributed by atoms with E-state index in [9.17, 15) is 9.59 Å². The molecular weight excluding hydrogens is 378 g/mol. The summed E-state index contributed by atoms with van der Waals surface area (Å²) in [5.41, 5.74) is 0.580. The molecule has 0 bridgehead atoms. The average Bonchev–Trinajstić information content (AvgIpc) is 2.73. The highest BCUT2D eigenvalue weighted by Gasteiger charge is 2.40. The summed E-state index contributed by atoms with van der Waals surface area (Å²) in [5, 5.41) is 6.19. The monoisotopic (exact) mass is 397 g/mol. The molecule has 0 saturated heterocycles. The zero-order valence-corrected chi connectivity index (χ0v) is 16.6. The second-order valence-electron chi connectivity index (χ2n) is 7.82. The van der Waals surface area contributed by atoms with Gasteiger partial charge in [0.2, 0.25) is 5.78 Å². The minimum absolute atomic E-state index is 0.192. The summed E-state index contributed by atoms with van der Waals surface area (Å²) in [4.78, 5) is 25.1. The quantitative estimate of drug-likeness (QED) is 0.375. The molecule has 0 atom stereocenters. The highest BCUT2D eigenvalue weighted by molar-refractivity contribution is 6.28. The summed E-state index contributed by atoms with van der Waals surface area (Å²) >= 11 is 0. The van der Waals surface area contributed by atoms with Gasteiger partial charge >= 0.3 is 5.63 Å². The fourth-order valence-corrected chi connectivity index (χ4v) is 3.79. The van der Waals surface area contributed by atoms with E-state index < -0.39 is 11.2 Å². The maximum absolute atomic E-state index is 13.2. The molecule has 0 saturated carbocycles. The van der Waals surface area contributed by atoms with Gasteiger partial charge in [-0.05, 0) is 55.0 Å². The molecule has 30 heavy (non-hydrogen) atoms. The summed E-state index contributed by atoms with van der Waals surface area (Å²) in [6.45, 7) is 3.46. The van der Waals surface area contributed by atoms with Crippen LogP contribution in [0.4, 0.5) is 5.69 Å². The van der Waals surface area contributed by atoms with Crippen molar-refractivity contribution in [3.63, 3.8) is 0 Å². The van der Waals surface area contributed by atoms with Crippen LogP contribution in [0.1, 0.15) is 19.4 Å². The van der Waals surface area contributed by atoms with Crippen LogP contribution in [0.2, 0.25) is 0 Å². The third-order valence-electron chi connectivity index (χ3n) is 5.31. The minimum atomic E-state index is -1.04. The Morgan fingerprint density at radius 3 is 2.43 bits per heavy atom. The van der Waals surface area contributed by atoms with Crippen LogP contribution in [-0.2, 0) is 4.79 Å². The Kier molecular flexibility index (Phi) is 4.00. The van der Waals surface area contributed by atoms with Gasteiger partial charge in [-0.25, -0.2) is 4.79 Å². The standard InChI is InChI=1S/C25H19NO4/c1-25(2)24(28)19(14-26-18-10-7-15-5-3-4-6-17(15)13-18)22-20(30-25)11-8-16-9-12-21(27)29-23(16)22/h3-14,26H,1-2H3/b19-14-. The zero-order chi connectivity index (χ0) is 20.9. The first kappa shape index (κ1) is 18.2. The van der Waals surface area contributed by atoms with Gasteiger partial charge < -0.3 is 14.5 Å². The number of carbonyl (C=O) groups excluding carboxylic acids is 1. The Balaban J connectivity index is 1.67. The maximum atomic E-state index is 13.2. The largest absolute Gasteiger partial charge is 0.479 e. The smallest absolute Gasteiger partial charge is 0.336 e. The maximum Gasteiger partial charge on any atom is 0.336 e. The number of benzene rings is 3. The summed E-state index contributed by atoms with van der Waals surface area (Å²) in [6.07, 6.45) is 1.67. The summed E-state index contributed by atoms with van der Waals surface area (Å²) in [6, 6.07) is 20.7. The molecule has 148 valence electrons. The lowest BCUT2D eigenvalue weighted by molar-refractivity contribution is -0.126. The van der Waals surface area contributed by atoms with Crippen LogP contribution in [0.15, 0.2) is 82.1 Å². The van der Waals surface area contributed by atoms with E-state index in [2.05, 4.69) is 5.32 Å². The number of rotatable bonds is 2. The zero-order valence-electron chi connectivity index (χ0n) is 16.6. The molecule has 2 heterocycles. The molecule has 0 amide bonds. The van der Waals surface area contributed by atoms with Gasteiger partial charge in [-0.3, -0.25) is 4.79 Å². The molecule has 1 aromatic heterocycles. The van der Waals surface area contributed by atoms with Crippen LogP contribution in [-0.4, -0.2) is 11.4 Å². The van der Waals surface area contributed by atoms with Gasteiger partial charge in [0.25, 0.3) is 0 Å². The lowest BCUT2D eigenvalue weighted by atomic mass is 9.87. The van der Waals surface area contributed by atoms with Crippen LogP contribution in [0.5, 0.6) is 5.75 Å². The molecule has 5 heteroatoms. The fourth-order valence-electron chi connectivity index (χ4n) is 3.79. The van der Waals surface area contributed by atoms with E-state index in [1.54, 1.807) is 32.2 Å². The van der Waals surface area contributed by atoms with Crippen LogP contribution < -0.4 is 15.7 Å². The first-order chi connectivity index (χ1) is 14.4. The molecular formula is C25H19NO4. The van der Waals surface area contributed by atoms with E-state index in [1.807, 2.05) is 48.5 Å². The lowest BCUT2D eigenvalue weighted by Crippen LogP contribution is -2.42. The van der Waals surface area contributed by atoms with Gasteiger partial charge in [0.15, 0.2) is 5.60 Å². The van der Waals surface area contributed by atoms with Crippen molar-refractivity contribution < 1.29 is 13.9 Å². The number of hydrogen-bond donors (Lipinski definition) is 1. The Labute approximate surface area is 172 Å². The van der Waals surface area contributed by atoms with E-state index in [0.29, 0.717) is 22.5 Å². The highest BCUT2D eigenvalue weighted by Crippen LogP contribution is 2.41. The Morgan fingerprint density at radius 1 is 0.867 bits per heavy atom. The van der Waals surface area contributed by atoms with Gasteiger partial charge in [0.1, 0.15) is 11.3 Å². The molecule has 0 radical (unpaired) electrons. The highest BCUT2D eigenvalue weighted by atomic mass is 16.5. The van der Waals surface area contributed by atoms with E-state index >= 15 is 0 Å². The molecule has 0 spiro atoms. The second kappa shape index (κ2) is 6.59. The number of hydrogen-bond acceptors (Lipinski definition) is 5. The van der Waals surface area contributed by atoms with Gasteiger partial charge in [-0.1, -0.05) is 30.3 Å². The van der Waals surface area contributed by atoms with Crippen LogP contribution >= 0.6 is 0 Å². The van der Waals surface area contributed by atoms with E-state index in [4.69, 9.17) is 9.15 Å². The summed E-state index contributed by atoms with van der Waals surface area (Å²) < 4.78 is 11.4. The van der Waals surface area contributed by atoms with Gasteiger partial charge in [0.05, 0.1) is 11.1 Å². The molecule has 0 aliphatic carbocycles. The second-order valence-corrected chi connectivity index (χ2v) is 7.82. The lowest BCUT2D eigenvalue weighted by Gasteiger charge is -2.32. The SMILES string of the molecule is CC1(C)Oc2ccc3ccc(=O)oc3c2/C(=C/Nc2ccc3ccccc3c2)C1=O. The van der Waals surface area contributed by atoms with E-state index in [0.717, 1.165) is 21.8 Å². The average molecular weight is 397 g/mol. The van der Waals surface area contributed by atoms with Crippen molar-refractivity contribution in [3.8, 4) is 5.75 Å². The number of carbonyl (C=O) groups is 1. The van der Waals surface area contributed by atoms with Crippen LogP contribution in [0.25, 0.3) is 27.3 Å². The van der Waals surface area contributed by atoms with Crippen molar-refractivity contribution in [3.05, 3.63) is 88.9 Å². The number of Topliss-reactive ketones (excluding diaryl/α,β-unsaturated/α-hetero) is 1. The van der Waals surface area contributed by atoms with E-state index in [-0.39, 0.29) is 5.78 Å². The fraction of sp³-hybridized carbons (Fsp3) is 0.120. The molecule has 4 aromatic rings. The molecule has 1 aliphatic rings. The number of ether oxygens (including phenoxy) is 1. The third kappa shape index (κ3) is 2.95. The van der Waals surface area contributed by atoms with Gasteiger partial charge in [0, 0.05) is 23.3 Å². The number of fused-ring (bicyclic) bond motifs is 4. The normalized spacial score (nSPS) is 16.5. The molecule has 1 aliphatic heterocycles. The van der Waals surface area contributed by atoms with Crippen molar-refractivity contribution in [1.29, 1.82) is 0 Å².